The van der Waals surface area contributed by atoms with Crippen molar-refractivity contribution in [3.63, 3.8) is 0 Å². The van der Waals surface area contributed by atoms with E-state index in [4.69, 9.17) is 5.11 Å². The predicted octanol–water partition coefficient (Wildman–Crippen LogP) is 1.58. The van der Waals surface area contributed by atoms with Gasteiger partial charge in [-0.15, -0.1) is 0 Å². The van der Waals surface area contributed by atoms with Gasteiger partial charge in [-0.2, -0.15) is 0 Å². The summed E-state index contributed by atoms with van der Waals surface area (Å²) in [6.45, 7) is 0. The second-order valence-corrected chi connectivity index (χ2v) is 3.37. The van der Waals surface area contributed by atoms with Crippen molar-refractivity contribution in [3.8, 4) is 0 Å². The molecule has 8 heavy (non-hydrogen) atoms. The largest absolute Gasteiger partial charge is 0.393 e. The maximum absolute atomic E-state index is 9.03. The van der Waals surface area contributed by atoms with Crippen molar-refractivity contribution in [3.05, 3.63) is 0 Å². The van der Waals surface area contributed by atoms with Gasteiger partial charge in [-0.25, -0.2) is 0 Å². The first-order chi connectivity index (χ1) is 3.83. The molecule has 1 nitrogen and oxygen atoms in total. The molecule has 1 N–H and O–H groups in total. The Morgan fingerprint density at radius 3 is 2.50 bits per heavy atom. The van der Waals surface area contributed by atoms with Crippen LogP contribution in [0.25, 0.3) is 0 Å². The summed E-state index contributed by atoms with van der Waals surface area (Å²) in [5.41, 5.74) is 0. The molecule has 1 saturated carbocycles. The molecule has 0 aromatic heterocycles. The fourth-order valence-electron chi connectivity index (χ4n) is 1.19. The van der Waals surface area contributed by atoms with Crippen LogP contribution in [0, 0.1) is 5.92 Å². The lowest BCUT2D eigenvalue weighted by Gasteiger charge is -2.00. The SMILES string of the molecule is OC1CCC(CI)C1. The van der Waals surface area contributed by atoms with Crippen molar-refractivity contribution < 1.29 is 5.11 Å². The number of hydrogen-bond donors (Lipinski definition) is 1. The number of hydrogen-bond acceptors (Lipinski definition) is 1. The first-order valence-corrected chi connectivity index (χ1v) is 4.59. The van der Waals surface area contributed by atoms with E-state index in [-0.39, 0.29) is 6.10 Å². The molecular weight excluding hydrogens is 215 g/mol. The second-order valence-electron chi connectivity index (χ2n) is 2.49. The Bertz CT molecular complexity index is 74.9. The Labute approximate surface area is 63.6 Å². The van der Waals surface area contributed by atoms with Gasteiger partial charge in [0, 0.05) is 4.43 Å². The molecule has 0 radical (unpaired) electrons. The first kappa shape index (κ1) is 6.81. The standard InChI is InChI=1S/C6H11IO/c7-4-5-1-2-6(8)3-5/h5-6,8H,1-4H2. The minimum Gasteiger partial charge on any atom is -0.393 e. The highest BCUT2D eigenvalue weighted by atomic mass is 127. The van der Waals surface area contributed by atoms with E-state index in [9.17, 15) is 0 Å². The molecule has 0 aromatic rings. The quantitative estimate of drug-likeness (QED) is 0.531. The van der Waals surface area contributed by atoms with Gasteiger partial charge in [-0.1, -0.05) is 22.6 Å². The van der Waals surface area contributed by atoms with E-state index in [2.05, 4.69) is 22.6 Å². The fraction of sp³-hybridized carbons (Fsp3) is 1.00. The van der Waals surface area contributed by atoms with Crippen LogP contribution in [0.3, 0.4) is 0 Å². The smallest absolute Gasteiger partial charge is 0.0543 e. The van der Waals surface area contributed by atoms with Gasteiger partial charge in [0.15, 0.2) is 0 Å². The molecule has 0 amide bonds. The molecule has 1 aliphatic rings. The highest BCUT2D eigenvalue weighted by Gasteiger charge is 2.20. The van der Waals surface area contributed by atoms with Gasteiger partial charge in [0.25, 0.3) is 0 Å². The second kappa shape index (κ2) is 3.01. The summed E-state index contributed by atoms with van der Waals surface area (Å²) in [6, 6.07) is 0. The molecule has 0 spiro atoms. The Kier molecular flexibility index (Phi) is 2.56. The number of alkyl halides is 1. The third-order valence-corrected chi connectivity index (χ3v) is 2.98. The number of aliphatic hydroxyl groups is 1. The lowest BCUT2D eigenvalue weighted by molar-refractivity contribution is 0.179. The Morgan fingerprint density at radius 1 is 1.50 bits per heavy atom. The molecule has 48 valence electrons. The third-order valence-electron chi connectivity index (χ3n) is 1.73. The Morgan fingerprint density at radius 2 is 2.25 bits per heavy atom. The van der Waals surface area contributed by atoms with Gasteiger partial charge in [-0.05, 0) is 25.2 Å². The summed E-state index contributed by atoms with van der Waals surface area (Å²) in [5, 5.41) is 9.03. The van der Waals surface area contributed by atoms with E-state index in [0.29, 0.717) is 0 Å². The summed E-state index contributed by atoms with van der Waals surface area (Å²) in [6.07, 6.45) is 3.34. The van der Waals surface area contributed by atoms with Crippen molar-refractivity contribution in [1.29, 1.82) is 0 Å². The summed E-state index contributed by atoms with van der Waals surface area (Å²) < 4.78 is 1.22. The number of halogens is 1. The Hall–Kier alpha value is 0.690. The lowest BCUT2D eigenvalue weighted by Crippen LogP contribution is -2.00. The summed E-state index contributed by atoms with van der Waals surface area (Å²) in [4.78, 5) is 0. The zero-order chi connectivity index (χ0) is 5.98. The molecule has 0 aliphatic heterocycles. The van der Waals surface area contributed by atoms with Crippen LogP contribution in [0.15, 0.2) is 0 Å². The summed E-state index contributed by atoms with van der Waals surface area (Å²) in [7, 11) is 0. The van der Waals surface area contributed by atoms with E-state index in [1.165, 1.54) is 10.8 Å². The van der Waals surface area contributed by atoms with Crippen LogP contribution >= 0.6 is 22.6 Å². The van der Waals surface area contributed by atoms with Crippen molar-refractivity contribution in [2.24, 2.45) is 5.92 Å². The first-order valence-electron chi connectivity index (χ1n) is 3.07. The third kappa shape index (κ3) is 1.58. The maximum atomic E-state index is 9.03. The molecule has 0 heterocycles. The van der Waals surface area contributed by atoms with Crippen LogP contribution in [-0.4, -0.2) is 15.6 Å². The zero-order valence-corrected chi connectivity index (χ0v) is 6.97. The van der Waals surface area contributed by atoms with Crippen molar-refractivity contribution in [1.82, 2.24) is 0 Å². The van der Waals surface area contributed by atoms with Gasteiger partial charge in [0.05, 0.1) is 6.10 Å². The van der Waals surface area contributed by atoms with Gasteiger partial charge in [-0.3, -0.25) is 0 Å². The van der Waals surface area contributed by atoms with Crippen molar-refractivity contribution >= 4 is 22.6 Å². The van der Waals surface area contributed by atoms with Crippen molar-refractivity contribution in [2.75, 3.05) is 4.43 Å². The van der Waals surface area contributed by atoms with Crippen LogP contribution in [-0.2, 0) is 0 Å². The molecule has 1 aliphatic carbocycles. The summed E-state index contributed by atoms with van der Waals surface area (Å²) in [5.74, 6) is 0.811. The van der Waals surface area contributed by atoms with E-state index < -0.39 is 0 Å². The molecule has 2 unspecified atom stereocenters. The van der Waals surface area contributed by atoms with Gasteiger partial charge in [0.2, 0.25) is 0 Å². The van der Waals surface area contributed by atoms with E-state index in [0.717, 1.165) is 18.8 Å². The fourth-order valence-corrected chi connectivity index (χ4v) is 1.99. The molecular formula is C6H11IO. The monoisotopic (exact) mass is 226 g/mol. The molecule has 0 aromatic carbocycles. The average Bonchev–Trinajstić information content (AvgIpc) is 2.14. The molecule has 2 atom stereocenters. The van der Waals surface area contributed by atoms with Gasteiger partial charge < -0.3 is 5.11 Å². The zero-order valence-electron chi connectivity index (χ0n) is 4.81. The van der Waals surface area contributed by atoms with Crippen LogP contribution in [0.2, 0.25) is 0 Å². The molecule has 0 bridgehead atoms. The molecule has 1 rings (SSSR count). The molecule has 0 saturated heterocycles. The number of aliphatic hydroxyl groups excluding tert-OH is 1. The highest BCUT2D eigenvalue weighted by Crippen LogP contribution is 2.26. The highest BCUT2D eigenvalue weighted by molar-refractivity contribution is 14.1. The van der Waals surface area contributed by atoms with E-state index >= 15 is 0 Å². The minimum atomic E-state index is 0.0229. The van der Waals surface area contributed by atoms with Crippen LogP contribution in [0.4, 0.5) is 0 Å². The van der Waals surface area contributed by atoms with Crippen LogP contribution in [0.1, 0.15) is 19.3 Å². The minimum absolute atomic E-state index is 0.0229. The maximum Gasteiger partial charge on any atom is 0.0543 e. The van der Waals surface area contributed by atoms with E-state index in [1.807, 2.05) is 0 Å². The summed E-state index contributed by atoms with van der Waals surface area (Å²) >= 11 is 2.39. The normalized spacial score (nSPS) is 38.2. The van der Waals surface area contributed by atoms with Crippen molar-refractivity contribution in [2.45, 2.75) is 25.4 Å². The van der Waals surface area contributed by atoms with Gasteiger partial charge >= 0.3 is 0 Å². The average molecular weight is 226 g/mol. The topological polar surface area (TPSA) is 20.2 Å². The van der Waals surface area contributed by atoms with Gasteiger partial charge in [0.1, 0.15) is 0 Å². The Balaban J connectivity index is 2.22. The predicted molar refractivity (Wildman–Crippen MR) is 42.2 cm³/mol. The molecule has 2 heteroatoms. The lowest BCUT2D eigenvalue weighted by atomic mass is 10.1. The van der Waals surface area contributed by atoms with Crippen LogP contribution in [0.5, 0.6) is 0 Å². The molecule has 1 fully saturated rings. The number of rotatable bonds is 1. The van der Waals surface area contributed by atoms with E-state index in [1.54, 1.807) is 0 Å². The van der Waals surface area contributed by atoms with Crippen LogP contribution < -0.4 is 0 Å².